The molecule has 20 heavy (non-hydrogen) atoms. The van der Waals surface area contributed by atoms with E-state index in [1.165, 1.54) is 0 Å². The molecule has 0 bridgehead atoms. The van der Waals surface area contributed by atoms with E-state index in [2.05, 4.69) is 0 Å². The van der Waals surface area contributed by atoms with Gasteiger partial charge >= 0.3 is 0 Å². The molecular weight excluding hydrogens is 336 g/mol. The molecule has 0 aliphatic heterocycles. The lowest BCUT2D eigenvalue weighted by Gasteiger charge is -2.27. The third kappa shape index (κ3) is 3.44. The topological polar surface area (TPSA) is 150 Å². The molecule has 0 saturated heterocycles. The molecule has 0 amide bonds. The molecule has 0 fully saturated rings. The molecule has 0 spiro atoms. The van der Waals surface area contributed by atoms with Gasteiger partial charge in [0.25, 0.3) is 15.7 Å². The summed E-state index contributed by atoms with van der Waals surface area (Å²) in [5.74, 6) is 0. The predicted octanol–water partition coefficient (Wildman–Crippen LogP) is -0.696. The summed E-state index contributed by atoms with van der Waals surface area (Å²) in [4.78, 5) is 9.77. The highest BCUT2D eigenvalue weighted by Gasteiger charge is 2.36. The molecule has 1 rings (SSSR count). The van der Waals surface area contributed by atoms with Gasteiger partial charge in [0.2, 0.25) is 0 Å². The Labute approximate surface area is 122 Å². The number of nitro groups is 1. The minimum absolute atomic E-state index is 0.321. The molecule has 0 unspecified atom stereocenters. The third-order valence-corrected chi connectivity index (χ3v) is 5.76. The van der Waals surface area contributed by atoms with Gasteiger partial charge in [0.15, 0.2) is 4.34 Å². The summed E-state index contributed by atoms with van der Waals surface area (Å²) in [5.41, 5.74) is -2.44. The van der Waals surface area contributed by atoms with Gasteiger partial charge in [-0.15, -0.1) is 11.3 Å². The molecule has 12 heteroatoms. The van der Waals surface area contributed by atoms with Gasteiger partial charge < -0.3 is 15.3 Å². The third-order valence-electron chi connectivity index (χ3n) is 2.37. The van der Waals surface area contributed by atoms with E-state index in [4.69, 9.17) is 26.9 Å². The Morgan fingerprint density at radius 3 is 2.20 bits per heavy atom. The molecule has 1 heterocycles. The van der Waals surface area contributed by atoms with Gasteiger partial charge in [-0.3, -0.25) is 10.1 Å². The number of hydrogen-bond donors (Lipinski definition) is 4. The van der Waals surface area contributed by atoms with E-state index in [9.17, 15) is 18.5 Å². The van der Waals surface area contributed by atoms with Gasteiger partial charge in [0.05, 0.1) is 24.7 Å². The van der Waals surface area contributed by atoms with Gasteiger partial charge in [0.1, 0.15) is 9.75 Å². The summed E-state index contributed by atoms with van der Waals surface area (Å²) in [5, 5.41) is 37.8. The molecule has 0 aliphatic carbocycles. The van der Waals surface area contributed by atoms with Crippen molar-refractivity contribution in [1.82, 2.24) is 4.72 Å². The summed E-state index contributed by atoms with van der Waals surface area (Å²) in [6, 6.07) is 0.756. The molecule has 0 radical (unpaired) electrons. The van der Waals surface area contributed by atoms with Crippen LogP contribution in [0.1, 0.15) is 0 Å². The van der Waals surface area contributed by atoms with Crippen molar-refractivity contribution in [2.24, 2.45) is 0 Å². The number of nitrogens with zero attached hydrogens (tertiary/aromatic N) is 1. The average Bonchev–Trinajstić information content (AvgIpc) is 2.79. The normalized spacial score (nSPS) is 12.6. The van der Waals surface area contributed by atoms with Crippen LogP contribution in [0.25, 0.3) is 0 Å². The highest BCUT2D eigenvalue weighted by atomic mass is 35.5. The van der Waals surface area contributed by atoms with Crippen LogP contribution in [0.2, 0.25) is 4.34 Å². The van der Waals surface area contributed by atoms with Crippen LogP contribution in [-0.4, -0.2) is 54.0 Å². The summed E-state index contributed by atoms with van der Waals surface area (Å²) in [7, 11) is -4.29. The van der Waals surface area contributed by atoms with Crippen LogP contribution in [0.4, 0.5) is 5.69 Å². The molecule has 0 saturated carbocycles. The second kappa shape index (κ2) is 6.30. The highest BCUT2D eigenvalue weighted by molar-refractivity contribution is 7.91. The number of rotatable bonds is 7. The lowest BCUT2D eigenvalue weighted by molar-refractivity contribution is -0.384. The lowest BCUT2D eigenvalue weighted by atomic mass is 10.1. The van der Waals surface area contributed by atoms with E-state index in [1.54, 1.807) is 0 Å². The fourth-order valence-electron chi connectivity index (χ4n) is 1.18. The van der Waals surface area contributed by atoms with Crippen molar-refractivity contribution in [1.29, 1.82) is 0 Å². The molecule has 0 aromatic carbocycles. The molecule has 0 atom stereocenters. The second-order valence-corrected chi connectivity index (χ2v) is 7.41. The SMILES string of the molecule is O=[N+]([O-])c1cc(S(=O)(=O)NC(CO)(CO)CO)sc1Cl. The molecular formula is C8H11ClN2O7S2. The molecule has 4 N–H and O–H groups in total. The summed E-state index contributed by atoms with van der Waals surface area (Å²) < 4.78 is 25.1. The number of sulfonamides is 1. The largest absolute Gasteiger partial charge is 0.394 e. The van der Waals surface area contributed by atoms with Gasteiger partial charge in [-0.2, -0.15) is 4.72 Å². The van der Waals surface area contributed by atoms with E-state index in [1.807, 2.05) is 4.72 Å². The van der Waals surface area contributed by atoms with Gasteiger partial charge in [-0.25, -0.2) is 8.42 Å². The minimum Gasteiger partial charge on any atom is -0.394 e. The monoisotopic (exact) mass is 346 g/mol. The maximum atomic E-state index is 12.0. The zero-order chi connectivity index (χ0) is 15.6. The van der Waals surface area contributed by atoms with Crippen LogP contribution in [-0.2, 0) is 10.0 Å². The fourth-order valence-corrected chi connectivity index (χ4v) is 4.22. The van der Waals surface area contributed by atoms with E-state index in [0.717, 1.165) is 6.07 Å². The zero-order valence-electron chi connectivity index (χ0n) is 9.81. The standard InChI is InChI=1S/C8H11ClN2O7S2/c9-7-5(11(15)16)1-6(19-7)20(17,18)10-8(2-12,3-13)4-14/h1,10,12-14H,2-4H2. The molecule has 1 aromatic rings. The number of aliphatic hydroxyl groups is 3. The van der Waals surface area contributed by atoms with Crippen molar-refractivity contribution in [3.63, 3.8) is 0 Å². The molecule has 1 aromatic heterocycles. The van der Waals surface area contributed by atoms with Crippen LogP contribution in [0.5, 0.6) is 0 Å². The van der Waals surface area contributed by atoms with Gasteiger partial charge in [-0.05, 0) is 0 Å². The Morgan fingerprint density at radius 1 is 1.35 bits per heavy atom. The Hall–Kier alpha value is -0.820. The van der Waals surface area contributed by atoms with Gasteiger partial charge in [-0.1, -0.05) is 11.6 Å². The first-order valence-corrected chi connectivity index (χ1v) is 7.69. The van der Waals surface area contributed by atoms with E-state index < -0.39 is 50.2 Å². The van der Waals surface area contributed by atoms with Crippen LogP contribution < -0.4 is 4.72 Å². The quantitative estimate of drug-likeness (QED) is 0.376. The van der Waals surface area contributed by atoms with Crippen molar-refractivity contribution in [2.75, 3.05) is 19.8 Å². The Morgan fingerprint density at radius 2 is 1.85 bits per heavy atom. The molecule has 0 aliphatic rings. The van der Waals surface area contributed by atoms with Crippen LogP contribution >= 0.6 is 22.9 Å². The van der Waals surface area contributed by atoms with Crippen molar-refractivity contribution in [3.05, 3.63) is 20.5 Å². The average molecular weight is 347 g/mol. The van der Waals surface area contributed by atoms with Crippen molar-refractivity contribution in [2.45, 2.75) is 9.75 Å². The first kappa shape index (κ1) is 17.2. The smallest absolute Gasteiger partial charge is 0.300 e. The van der Waals surface area contributed by atoms with E-state index in [0.29, 0.717) is 11.3 Å². The Kier molecular flexibility index (Phi) is 5.43. The maximum absolute atomic E-state index is 12.0. The maximum Gasteiger partial charge on any atom is 0.300 e. The highest BCUT2D eigenvalue weighted by Crippen LogP contribution is 2.36. The minimum atomic E-state index is -4.29. The van der Waals surface area contributed by atoms with Crippen LogP contribution in [0.3, 0.4) is 0 Å². The summed E-state index contributed by atoms with van der Waals surface area (Å²) >= 11 is 6.01. The second-order valence-electron chi connectivity index (χ2n) is 3.84. The van der Waals surface area contributed by atoms with Gasteiger partial charge in [0, 0.05) is 6.07 Å². The van der Waals surface area contributed by atoms with Crippen LogP contribution in [0, 0.1) is 10.1 Å². The number of hydrogen-bond acceptors (Lipinski definition) is 8. The summed E-state index contributed by atoms with van der Waals surface area (Å²) in [6.07, 6.45) is 0. The number of thiophene rings is 1. The first-order valence-electron chi connectivity index (χ1n) is 5.01. The Balaban J connectivity index is 3.17. The predicted molar refractivity (Wildman–Crippen MR) is 70.3 cm³/mol. The fraction of sp³-hybridized carbons (Fsp3) is 0.500. The number of halogens is 1. The van der Waals surface area contributed by atoms with Crippen LogP contribution in [0.15, 0.2) is 10.3 Å². The Bertz CT molecular complexity index is 588. The van der Waals surface area contributed by atoms with Crippen molar-refractivity contribution < 1.29 is 28.7 Å². The van der Waals surface area contributed by atoms with E-state index >= 15 is 0 Å². The zero-order valence-corrected chi connectivity index (χ0v) is 12.2. The van der Waals surface area contributed by atoms with Crippen molar-refractivity contribution in [3.8, 4) is 0 Å². The number of nitrogens with one attached hydrogen (secondary N) is 1. The van der Waals surface area contributed by atoms with E-state index in [-0.39, 0.29) is 4.34 Å². The molecule has 114 valence electrons. The first-order chi connectivity index (χ1) is 9.21. The molecule has 9 nitrogen and oxygen atoms in total. The number of aliphatic hydroxyl groups excluding tert-OH is 3. The summed E-state index contributed by atoms with van der Waals surface area (Å²) in [6.45, 7) is -2.58. The lowest BCUT2D eigenvalue weighted by Crippen LogP contribution is -2.56. The van der Waals surface area contributed by atoms with Crippen molar-refractivity contribution >= 4 is 38.6 Å².